The lowest BCUT2D eigenvalue weighted by atomic mass is 10.1. The molecule has 0 unspecified atom stereocenters. The molecule has 100 valence electrons. The van der Waals surface area contributed by atoms with Gasteiger partial charge in [-0.1, -0.05) is 24.3 Å². The number of phenols is 1. The van der Waals surface area contributed by atoms with Crippen molar-refractivity contribution in [2.45, 2.75) is 19.4 Å². The zero-order valence-corrected chi connectivity index (χ0v) is 10.8. The lowest BCUT2D eigenvalue weighted by Gasteiger charge is -2.08. The molecule has 0 aromatic heterocycles. The fourth-order valence-electron chi connectivity index (χ4n) is 1.99. The van der Waals surface area contributed by atoms with Gasteiger partial charge in [0.15, 0.2) is 0 Å². The summed E-state index contributed by atoms with van der Waals surface area (Å²) in [6, 6.07) is 15.4. The minimum absolute atomic E-state index is 0.223. The van der Waals surface area contributed by atoms with E-state index in [2.05, 4.69) is 17.4 Å². The second-order valence-electron chi connectivity index (χ2n) is 4.55. The normalized spacial score (nSPS) is 10.4. The lowest BCUT2D eigenvalue weighted by Crippen LogP contribution is -2.00. The maximum absolute atomic E-state index is 9.40. The van der Waals surface area contributed by atoms with Crippen molar-refractivity contribution in [3.63, 3.8) is 0 Å². The molecule has 0 atom stereocenters. The Kier molecular flexibility index (Phi) is 4.81. The van der Waals surface area contributed by atoms with E-state index in [1.165, 1.54) is 5.56 Å². The van der Waals surface area contributed by atoms with Crippen LogP contribution in [0.5, 0.6) is 5.75 Å². The van der Waals surface area contributed by atoms with Crippen LogP contribution >= 0.6 is 0 Å². The van der Waals surface area contributed by atoms with Gasteiger partial charge >= 0.3 is 0 Å². The number of nitrogens with one attached hydrogen (secondary N) is 1. The third-order valence-electron chi connectivity index (χ3n) is 2.96. The van der Waals surface area contributed by atoms with Crippen LogP contribution in [0.15, 0.2) is 48.5 Å². The van der Waals surface area contributed by atoms with E-state index in [0.717, 1.165) is 24.1 Å². The highest BCUT2D eigenvalue weighted by Gasteiger charge is 1.98. The van der Waals surface area contributed by atoms with Gasteiger partial charge < -0.3 is 15.5 Å². The van der Waals surface area contributed by atoms with Crippen molar-refractivity contribution < 1.29 is 10.2 Å². The molecule has 0 bridgehead atoms. The summed E-state index contributed by atoms with van der Waals surface area (Å²) in [6.45, 7) is 0.902. The highest BCUT2D eigenvalue weighted by molar-refractivity contribution is 5.46. The summed E-state index contributed by atoms with van der Waals surface area (Å²) in [7, 11) is 0. The topological polar surface area (TPSA) is 52.5 Å². The summed E-state index contributed by atoms with van der Waals surface area (Å²) < 4.78 is 0. The Morgan fingerprint density at radius 2 is 1.74 bits per heavy atom. The van der Waals surface area contributed by atoms with Gasteiger partial charge in [0.05, 0.1) is 0 Å². The monoisotopic (exact) mass is 257 g/mol. The standard InChI is InChI=1S/C16H19NO2/c18-9-3-6-13-4-1-7-15(10-13)17-12-14-5-2-8-16(19)11-14/h1-2,4-5,7-8,10-11,17-19H,3,6,9,12H2. The van der Waals surface area contributed by atoms with E-state index in [0.29, 0.717) is 6.54 Å². The van der Waals surface area contributed by atoms with E-state index in [9.17, 15) is 5.11 Å². The van der Waals surface area contributed by atoms with Crippen LogP contribution in [-0.2, 0) is 13.0 Å². The second kappa shape index (κ2) is 6.81. The molecule has 2 rings (SSSR count). The molecule has 0 amide bonds. The van der Waals surface area contributed by atoms with Crippen molar-refractivity contribution in [2.24, 2.45) is 0 Å². The van der Waals surface area contributed by atoms with Gasteiger partial charge in [-0.15, -0.1) is 0 Å². The highest BCUT2D eigenvalue weighted by atomic mass is 16.3. The van der Waals surface area contributed by atoms with Gasteiger partial charge in [-0.25, -0.2) is 0 Å². The van der Waals surface area contributed by atoms with Crippen molar-refractivity contribution >= 4 is 5.69 Å². The Bertz CT molecular complexity index is 526. The highest BCUT2D eigenvalue weighted by Crippen LogP contribution is 2.15. The summed E-state index contributed by atoms with van der Waals surface area (Å²) in [5.41, 5.74) is 3.31. The molecule has 0 heterocycles. The van der Waals surface area contributed by atoms with Crippen molar-refractivity contribution in [1.82, 2.24) is 0 Å². The molecule has 0 radical (unpaired) electrons. The zero-order chi connectivity index (χ0) is 13.5. The van der Waals surface area contributed by atoms with Crippen LogP contribution < -0.4 is 5.32 Å². The van der Waals surface area contributed by atoms with Gasteiger partial charge in [0.1, 0.15) is 5.75 Å². The molecule has 0 aliphatic rings. The minimum Gasteiger partial charge on any atom is -0.508 e. The number of aromatic hydroxyl groups is 1. The molecule has 19 heavy (non-hydrogen) atoms. The van der Waals surface area contributed by atoms with Gasteiger partial charge in [0.2, 0.25) is 0 Å². The molecule has 3 N–H and O–H groups in total. The smallest absolute Gasteiger partial charge is 0.115 e. The van der Waals surface area contributed by atoms with E-state index < -0.39 is 0 Å². The predicted molar refractivity (Wildman–Crippen MR) is 77.3 cm³/mol. The van der Waals surface area contributed by atoms with E-state index in [-0.39, 0.29) is 12.4 Å². The van der Waals surface area contributed by atoms with Crippen LogP contribution in [0.4, 0.5) is 5.69 Å². The predicted octanol–water partition coefficient (Wildman–Crippen LogP) is 2.93. The Morgan fingerprint density at radius 1 is 0.947 bits per heavy atom. The summed E-state index contributed by atoms with van der Waals surface area (Å²) in [5.74, 6) is 0.288. The molecule has 3 heteroatoms. The first-order valence-corrected chi connectivity index (χ1v) is 6.49. The first-order chi connectivity index (χ1) is 9.28. The van der Waals surface area contributed by atoms with E-state index in [1.807, 2.05) is 24.3 Å². The number of aliphatic hydroxyl groups is 1. The van der Waals surface area contributed by atoms with E-state index >= 15 is 0 Å². The van der Waals surface area contributed by atoms with Crippen molar-refractivity contribution in [2.75, 3.05) is 11.9 Å². The molecule has 0 aliphatic carbocycles. The number of aryl methyl sites for hydroxylation is 1. The minimum atomic E-state index is 0.223. The summed E-state index contributed by atoms with van der Waals surface area (Å²) >= 11 is 0. The number of rotatable bonds is 6. The molecule has 2 aromatic rings. The number of anilines is 1. The van der Waals surface area contributed by atoms with Crippen LogP contribution in [0.3, 0.4) is 0 Å². The van der Waals surface area contributed by atoms with Gasteiger partial charge in [-0.05, 0) is 48.2 Å². The summed E-state index contributed by atoms with van der Waals surface area (Å²) in [6.07, 6.45) is 1.67. The van der Waals surface area contributed by atoms with E-state index in [4.69, 9.17) is 5.11 Å². The Hall–Kier alpha value is -2.00. The largest absolute Gasteiger partial charge is 0.508 e. The molecule has 0 aliphatic heterocycles. The number of aliphatic hydroxyl groups excluding tert-OH is 1. The molecule has 2 aromatic carbocycles. The zero-order valence-electron chi connectivity index (χ0n) is 10.8. The Morgan fingerprint density at radius 3 is 2.53 bits per heavy atom. The number of hydrogen-bond acceptors (Lipinski definition) is 3. The number of benzene rings is 2. The van der Waals surface area contributed by atoms with Crippen molar-refractivity contribution in [3.8, 4) is 5.75 Å². The Balaban J connectivity index is 1.95. The number of hydrogen-bond donors (Lipinski definition) is 3. The SMILES string of the molecule is OCCCc1cccc(NCc2cccc(O)c2)c1. The number of phenolic OH excluding ortho intramolecular Hbond substituents is 1. The fraction of sp³-hybridized carbons (Fsp3) is 0.250. The van der Waals surface area contributed by atoms with Crippen molar-refractivity contribution in [3.05, 3.63) is 59.7 Å². The molecule has 0 fully saturated rings. The quantitative estimate of drug-likeness (QED) is 0.745. The molecule has 3 nitrogen and oxygen atoms in total. The molecule has 0 saturated heterocycles. The van der Waals surface area contributed by atoms with Crippen LogP contribution in [-0.4, -0.2) is 16.8 Å². The summed E-state index contributed by atoms with van der Waals surface area (Å²) in [5, 5.41) is 21.6. The van der Waals surface area contributed by atoms with E-state index in [1.54, 1.807) is 12.1 Å². The molecule has 0 spiro atoms. The first kappa shape index (κ1) is 13.4. The van der Waals surface area contributed by atoms with Gasteiger partial charge in [-0.3, -0.25) is 0 Å². The van der Waals surface area contributed by atoms with Crippen LogP contribution in [0.2, 0.25) is 0 Å². The third-order valence-corrected chi connectivity index (χ3v) is 2.96. The average Bonchev–Trinajstić information content (AvgIpc) is 2.43. The Labute approximate surface area is 113 Å². The first-order valence-electron chi connectivity index (χ1n) is 6.49. The van der Waals surface area contributed by atoms with Crippen LogP contribution in [0.1, 0.15) is 17.5 Å². The van der Waals surface area contributed by atoms with Gasteiger partial charge in [-0.2, -0.15) is 0 Å². The maximum atomic E-state index is 9.40. The van der Waals surface area contributed by atoms with Crippen molar-refractivity contribution in [1.29, 1.82) is 0 Å². The molecule has 0 saturated carbocycles. The fourth-order valence-corrected chi connectivity index (χ4v) is 1.99. The second-order valence-corrected chi connectivity index (χ2v) is 4.55. The lowest BCUT2D eigenvalue weighted by molar-refractivity contribution is 0.288. The molecular weight excluding hydrogens is 238 g/mol. The summed E-state index contributed by atoms with van der Waals surface area (Å²) in [4.78, 5) is 0. The van der Waals surface area contributed by atoms with Crippen LogP contribution in [0.25, 0.3) is 0 Å². The third kappa shape index (κ3) is 4.30. The van der Waals surface area contributed by atoms with Crippen LogP contribution in [0, 0.1) is 0 Å². The van der Waals surface area contributed by atoms with Gasteiger partial charge in [0.25, 0.3) is 0 Å². The molecular formula is C16H19NO2. The average molecular weight is 257 g/mol. The van der Waals surface area contributed by atoms with Gasteiger partial charge in [0, 0.05) is 18.8 Å². The maximum Gasteiger partial charge on any atom is 0.115 e.